The lowest BCUT2D eigenvalue weighted by Gasteiger charge is -2.23. The molecule has 2 aromatic rings. The van der Waals surface area contributed by atoms with Crippen molar-refractivity contribution in [2.45, 2.75) is 13.0 Å². The van der Waals surface area contributed by atoms with Crippen LogP contribution in [-0.4, -0.2) is 16.5 Å². The second kappa shape index (κ2) is 7.22. The number of rotatable bonds is 5. The van der Waals surface area contributed by atoms with Gasteiger partial charge in [0.15, 0.2) is 0 Å². The molecule has 2 rings (SSSR count). The molecule has 0 N–H and O–H groups in total. The number of anilines is 1. The van der Waals surface area contributed by atoms with Gasteiger partial charge >= 0.3 is 0 Å². The molecule has 2 heterocycles. The quantitative estimate of drug-likeness (QED) is 0.822. The van der Waals surface area contributed by atoms with Gasteiger partial charge in [-0.25, -0.2) is 4.98 Å². The van der Waals surface area contributed by atoms with Gasteiger partial charge in [-0.1, -0.05) is 17.7 Å². The normalized spacial score (nSPS) is 10.1. The van der Waals surface area contributed by atoms with Crippen LogP contribution >= 0.6 is 27.5 Å². The second-order valence-electron chi connectivity index (χ2n) is 4.15. The summed E-state index contributed by atoms with van der Waals surface area (Å²) in [5.41, 5.74) is 1.06. The van der Waals surface area contributed by atoms with E-state index in [1.54, 1.807) is 18.5 Å². The molecule has 4 nitrogen and oxygen atoms in total. The molecule has 6 heteroatoms. The average Bonchev–Trinajstić information content (AvgIpc) is 2.45. The number of aromatic nitrogens is 2. The van der Waals surface area contributed by atoms with E-state index in [-0.39, 0.29) is 0 Å². The van der Waals surface area contributed by atoms with E-state index in [0.717, 1.165) is 15.9 Å². The van der Waals surface area contributed by atoms with Crippen LogP contribution < -0.4 is 4.90 Å². The van der Waals surface area contributed by atoms with E-state index in [9.17, 15) is 0 Å². The van der Waals surface area contributed by atoms with Crippen LogP contribution in [0.1, 0.15) is 12.0 Å². The van der Waals surface area contributed by atoms with Crippen LogP contribution in [0.3, 0.4) is 0 Å². The Kier molecular flexibility index (Phi) is 5.33. The third kappa shape index (κ3) is 3.92. The minimum absolute atomic E-state index is 0.428. The lowest BCUT2D eigenvalue weighted by Crippen LogP contribution is -2.25. The Balaban J connectivity index is 2.25. The van der Waals surface area contributed by atoms with E-state index < -0.39 is 0 Å². The maximum atomic E-state index is 8.80. The van der Waals surface area contributed by atoms with Gasteiger partial charge in [-0.2, -0.15) is 5.26 Å². The van der Waals surface area contributed by atoms with Gasteiger partial charge in [0.2, 0.25) is 0 Å². The first kappa shape index (κ1) is 14.8. The third-order valence-corrected chi connectivity index (χ3v) is 3.47. The van der Waals surface area contributed by atoms with Crippen molar-refractivity contribution in [1.82, 2.24) is 9.97 Å². The Labute approximate surface area is 131 Å². The lowest BCUT2D eigenvalue weighted by molar-refractivity contribution is 0.778. The van der Waals surface area contributed by atoms with E-state index in [2.05, 4.69) is 32.0 Å². The first-order valence-corrected chi connectivity index (χ1v) is 7.19. The first-order valence-electron chi connectivity index (χ1n) is 6.02. The predicted octanol–water partition coefficient (Wildman–Crippen LogP) is 3.81. The molecule has 0 bridgehead atoms. The zero-order valence-corrected chi connectivity index (χ0v) is 13.0. The van der Waals surface area contributed by atoms with Crippen LogP contribution in [0, 0.1) is 11.3 Å². The van der Waals surface area contributed by atoms with Crippen molar-refractivity contribution >= 4 is 33.3 Å². The summed E-state index contributed by atoms with van der Waals surface area (Å²) in [6.07, 6.45) is 5.57. The number of hydrogen-bond acceptors (Lipinski definition) is 4. The van der Waals surface area contributed by atoms with Crippen LogP contribution in [0.2, 0.25) is 5.02 Å². The van der Waals surface area contributed by atoms with Gasteiger partial charge in [-0.15, -0.1) is 0 Å². The Morgan fingerprint density at radius 2 is 2.25 bits per heavy atom. The molecule has 0 fully saturated rings. The predicted molar refractivity (Wildman–Crippen MR) is 82.5 cm³/mol. The highest BCUT2D eigenvalue weighted by Gasteiger charge is 2.12. The fourth-order valence-corrected chi connectivity index (χ4v) is 2.69. The smallest absolute Gasteiger partial charge is 0.143 e. The molecule has 0 unspecified atom stereocenters. The van der Waals surface area contributed by atoms with Gasteiger partial charge in [0.1, 0.15) is 5.82 Å². The molecule has 2 aromatic heterocycles. The summed E-state index contributed by atoms with van der Waals surface area (Å²) in [6, 6.07) is 7.84. The molecule has 102 valence electrons. The van der Waals surface area contributed by atoms with Crippen LogP contribution in [0.4, 0.5) is 5.82 Å². The van der Waals surface area contributed by atoms with Crippen molar-refractivity contribution in [2.24, 2.45) is 0 Å². The molecule has 20 heavy (non-hydrogen) atoms. The number of halogens is 2. The van der Waals surface area contributed by atoms with Crippen molar-refractivity contribution in [3.63, 3.8) is 0 Å². The van der Waals surface area contributed by atoms with Crippen LogP contribution in [-0.2, 0) is 6.54 Å². The molecule has 0 radical (unpaired) electrons. The molecule has 0 aliphatic heterocycles. The van der Waals surface area contributed by atoms with Gasteiger partial charge < -0.3 is 4.90 Å². The van der Waals surface area contributed by atoms with Gasteiger partial charge in [0.25, 0.3) is 0 Å². The van der Waals surface area contributed by atoms with Crippen LogP contribution in [0.5, 0.6) is 0 Å². The second-order valence-corrected chi connectivity index (χ2v) is 5.44. The number of nitriles is 1. The molecule has 0 spiro atoms. The van der Waals surface area contributed by atoms with Crippen molar-refractivity contribution in [3.8, 4) is 6.07 Å². The lowest BCUT2D eigenvalue weighted by atomic mass is 10.2. The van der Waals surface area contributed by atoms with E-state index >= 15 is 0 Å². The van der Waals surface area contributed by atoms with E-state index in [4.69, 9.17) is 16.9 Å². The molecule has 0 aromatic carbocycles. The topological polar surface area (TPSA) is 52.8 Å². The highest BCUT2D eigenvalue weighted by atomic mass is 79.9. The molecule has 0 saturated heterocycles. The van der Waals surface area contributed by atoms with Gasteiger partial charge in [-0.05, 0) is 33.6 Å². The van der Waals surface area contributed by atoms with Gasteiger partial charge in [-0.3, -0.25) is 4.98 Å². The minimum Gasteiger partial charge on any atom is -0.350 e. The Bertz CT molecular complexity index is 612. The largest absolute Gasteiger partial charge is 0.350 e. The van der Waals surface area contributed by atoms with Crippen molar-refractivity contribution in [2.75, 3.05) is 11.4 Å². The molecule has 0 aliphatic rings. The molecule has 0 aliphatic carbocycles. The summed E-state index contributed by atoms with van der Waals surface area (Å²) in [7, 11) is 0. The maximum absolute atomic E-state index is 8.80. The Hall–Kier alpha value is -1.64. The minimum atomic E-state index is 0.428. The van der Waals surface area contributed by atoms with E-state index in [1.807, 2.05) is 23.2 Å². The number of pyridine rings is 2. The zero-order chi connectivity index (χ0) is 14.4. The summed E-state index contributed by atoms with van der Waals surface area (Å²) in [4.78, 5) is 10.5. The Morgan fingerprint density at radius 3 is 2.90 bits per heavy atom. The third-order valence-electron chi connectivity index (χ3n) is 2.68. The van der Waals surface area contributed by atoms with Gasteiger partial charge in [0, 0.05) is 31.7 Å². The monoisotopic (exact) mass is 350 g/mol. The van der Waals surface area contributed by atoms with Gasteiger partial charge in [0.05, 0.1) is 22.0 Å². The summed E-state index contributed by atoms with van der Waals surface area (Å²) in [5, 5.41) is 9.37. The van der Waals surface area contributed by atoms with Crippen LogP contribution in [0.25, 0.3) is 0 Å². The molecule has 0 atom stereocenters. The molecular weight excluding hydrogens is 340 g/mol. The maximum Gasteiger partial charge on any atom is 0.143 e. The molecule has 0 amide bonds. The number of nitrogens with zero attached hydrogens (tertiary/aromatic N) is 4. The fourth-order valence-electron chi connectivity index (χ4n) is 1.80. The van der Waals surface area contributed by atoms with Crippen molar-refractivity contribution < 1.29 is 0 Å². The van der Waals surface area contributed by atoms with Crippen molar-refractivity contribution in [3.05, 3.63) is 51.8 Å². The van der Waals surface area contributed by atoms with Crippen LogP contribution in [0.15, 0.2) is 41.3 Å². The highest BCUT2D eigenvalue weighted by Crippen LogP contribution is 2.27. The highest BCUT2D eigenvalue weighted by molar-refractivity contribution is 9.10. The summed E-state index contributed by atoms with van der Waals surface area (Å²) in [6.45, 7) is 1.24. The first-order chi connectivity index (χ1) is 9.70. The van der Waals surface area contributed by atoms with Crippen molar-refractivity contribution in [1.29, 1.82) is 5.26 Å². The summed E-state index contributed by atoms with van der Waals surface area (Å²) < 4.78 is 0.812. The Morgan fingerprint density at radius 1 is 1.40 bits per heavy atom. The van der Waals surface area contributed by atoms with E-state index in [0.29, 0.717) is 24.5 Å². The fraction of sp³-hybridized carbons (Fsp3) is 0.214. The summed E-state index contributed by atoms with van der Waals surface area (Å²) >= 11 is 9.38. The van der Waals surface area contributed by atoms with E-state index in [1.165, 1.54) is 0 Å². The summed E-state index contributed by atoms with van der Waals surface area (Å²) in [5.74, 6) is 0.772. The molecular formula is C14H12BrClN4. The average molecular weight is 352 g/mol. The number of hydrogen-bond donors (Lipinski definition) is 0. The SMILES string of the molecule is N#CCCN(Cc1cccnc1)c1ncc(Cl)cc1Br. The zero-order valence-electron chi connectivity index (χ0n) is 10.6. The standard InChI is InChI=1S/C14H12BrClN4/c15-13-7-12(16)9-19-14(13)20(6-2-4-17)10-11-3-1-5-18-8-11/h1,3,5,7-9H,2,6,10H2. The molecule has 0 saturated carbocycles.